The van der Waals surface area contributed by atoms with Crippen molar-refractivity contribution >= 4 is 11.7 Å². The summed E-state index contributed by atoms with van der Waals surface area (Å²) in [5, 5.41) is 6.10. The third-order valence-electron chi connectivity index (χ3n) is 3.29. The minimum atomic E-state index is -0.0597. The van der Waals surface area contributed by atoms with Crippen molar-refractivity contribution in [1.82, 2.24) is 10.3 Å². The highest BCUT2D eigenvalue weighted by atomic mass is 16.5. The fourth-order valence-corrected chi connectivity index (χ4v) is 2.18. The molecule has 104 valence electrons. The Kier molecular flexibility index (Phi) is 5.15. The lowest BCUT2D eigenvalue weighted by Crippen LogP contribution is -2.32. The van der Waals surface area contributed by atoms with Gasteiger partial charge in [0.25, 0.3) is 5.91 Å². The van der Waals surface area contributed by atoms with E-state index in [1.54, 1.807) is 18.3 Å². The van der Waals surface area contributed by atoms with Gasteiger partial charge in [-0.15, -0.1) is 0 Å². The first-order valence-electron chi connectivity index (χ1n) is 6.86. The minimum Gasteiger partial charge on any atom is -0.381 e. The molecule has 2 N–H and O–H groups in total. The first kappa shape index (κ1) is 13.8. The molecule has 0 saturated carbocycles. The van der Waals surface area contributed by atoms with Crippen molar-refractivity contribution in [3.05, 3.63) is 23.9 Å². The molecular weight excluding hydrogens is 242 g/mol. The summed E-state index contributed by atoms with van der Waals surface area (Å²) in [4.78, 5) is 16.4. The fraction of sp³-hybridized carbons (Fsp3) is 0.571. The van der Waals surface area contributed by atoms with Crippen molar-refractivity contribution in [1.29, 1.82) is 0 Å². The van der Waals surface area contributed by atoms with E-state index in [4.69, 9.17) is 4.74 Å². The summed E-state index contributed by atoms with van der Waals surface area (Å²) in [6.07, 6.45) is 3.73. The Morgan fingerprint density at radius 3 is 3.00 bits per heavy atom. The van der Waals surface area contributed by atoms with Crippen molar-refractivity contribution in [2.24, 2.45) is 5.92 Å². The molecule has 2 heterocycles. The molecule has 0 aliphatic carbocycles. The van der Waals surface area contributed by atoms with Gasteiger partial charge in [0.05, 0.1) is 5.56 Å². The topological polar surface area (TPSA) is 63.2 Å². The molecule has 0 unspecified atom stereocenters. The molecule has 5 heteroatoms. The lowest BCUT2D eigenvalue weighted by molar-refractivity contribution is 0.0643. The second-order valence-electron chi connectivity index (χ2n) is 4.70. The number of carbonyl (C=O) groups is 1. The highest BCUT2D eigenvalue weighted by Crippen LogP contribution is 2.15. The molecule has 0 spiro atoms. The van der Waals surface area contributed by atoms with Crippen LogP contribution < -0.4 is 10.6 Å². The van der Waals surface area contributed by atoms with E-state index in [0.29, 0.717) is 23.8 Å². The average Bonchev–Trinajstić information content (AvgIpc) is 2.47. The first-order valence-corrected chi connectivity index (χ1v) is 6.86. The van der Waals surface area contributed by atoms with E-state index in [0.717, 1.165) is 32.6 Å². The molecule has 1 aliphatic rings. The smallest absolute Gasteiger partial charge is 0.255 e. The number of nitrogens with zero attached hydrogens (tertiary/aromatic N) is 1. The first-order chi connectivity index (χ1) is 9.31. The largest absolute Gasteiger partial charge is 0.381 e. The molecule has 2 rings (SSSR count). The third-order valence-corrected chi connectivity index (χ3v) is 3.29. The summed E-state index contributed by atoms with van der Waals surface area (Å²) in [5.41, 5.74) is 0.608. The quantitative estimate of drug-likeness (QED) is 0.848. The number of rotatable bonds is 5. The Morgan fingerprint density at radius 1 is 1.47 bits per heavy atom. The SMILES string of the molecule is CCNc1ncccc1C(=O)NCC1CCOCC1. The molecule has 1 fully saturated rings. The molecule has 1 aromatic heterocycles. The summed E-state index contributed by atoms with van der Waals surface area (Å²) in [7, 11) is 0. The van der Waals surface area contributed by atoms with Gasteiger partial charge in [0, 0.05) is 32.5 Å². The Hall–Kier alpha value is -1.62. The summed E-state index contributed by atoms with van der Waals surface area (Å²) >= 11 is 0. The molecule has 0 aromatic carbocycles. The number of anilines is 1. The zero-order valence-electron chi connectivity index (χ0n) is 11.3. The molecule has 1 aliphatic heterocycles. The summed E-state index contributed by atoms with van der Waals surface area (Å²) in [6.45, 7) is 5.05. The molecular formula is C14H21N3O2. The number of pyridine rings is 1. The predicted octanol–water partition coefficient (Wildman–Crippen LogP) is 1.67. The standard InChI is InChI=1S/C14H21N3O2/c1-2-15-13-12(4-3-7-16-13)14(18)17-10-11-5-8-19-9-6-11/h3-4,7,11H,2,5-6,8-10H2,1H3,(H,15,16)(H,17,18). The van der Waals surface area contributed by atoms with Crippen molar-refractivity contribution in [2.75, 3.05) is 31.6 Å². The highest BCUT2D eigenvalue weighted by molar-refractivity contribution is 5.98. The van der Waals surface area contributed by atoms with Crippen LogP contribution in [0.15, 0.2) is 18.3 Å². The van der Waals surface area contributed by atoms with Gasteiger partial charge < -0.3 is 15.4 Å². The Bertz CT molecular complexity index is 417. The Labute approximate surface area is 113 Å². The van der Waals surface area contributed by atoms with Crippen LogP contribution in [0, 0.1) is 5.92 Å². The summed E-state index contributed by atoms with van der Waals surface area (Å²) in [5.74, 6) is 1.11. The van der Waals surface area contributed by atoms with Crippen LogP contribution in [-0.4, -0.2) is 37.2 Å². The molecule has 5 nitrogen and oxygen atoms in total. The average molecular weight is 263 g/mol. The van der Waals surface area contributed by atoms with Crippen LogP contribution in [0.3, 0.4) is 0 Å². The van der Waals surface area contributed by atoms with E-state index in [9.17, 15) is 4.79 Å². The number of aromatic nitrogens is 1. The Balaban J connectivity index is 1.91. The number of nitrogens with one attached hydrogen (secondary N) is 2. The molecule has 19 heavy (non-hydrogen) atoms. The van der Waals surface area contributed by atoms with Crippen molar-refractivity contribution < 1.29 is 9.53 Å². The van der Waals surface area contributed by atoms with E-state index in [2.05, 4.69) is 15.6 Å². The van der Waals surface area contributed by atoms with E-state index in [1.165, 1.54) is 0 Å². The van der Waals surface area contributed by atoms with Crippen LogP contribution in [0.25, 0.3) is 0 Å². The maximum absolute atomic E-state index is 12.2. The molecule has 0 bridgehead atoms. The third kappa shape index (κ3) is 3.92. The maximum atomic E-state index is 12.2. The molecule has 1 amide bonds. The predicted molar refractivity (Wildman–Crippen MR) is 74.3 cm³/mol. The van der Waals surface area contributed by atoms with Gasteiger partial charge in [-0.3, -0.25) is 4.79 Å². The van der Waals surface area contributed by atoms with E-state index < -0.39 is 0 Å². The minimum absolute atomic E-state index is 0.0597. The molecule has 0 radical (unpaired) electrons. The Morgan fingerprint density at radius 2 is 2.26 bits per heavy atom. The van der Waals surface area contributed by atoms with Crippen LogP contribution in [0.4, 0.5) is 5.82 Å². The number of hydrogen-bond donors (Lipinski definition) is 2. The fourth-order valence-electron chi connectivity index (χ4n) is 2.18. The summed E-state index contributed by atoms with van der Waals surface area (Å²) < 4.78 is 5.31. The second-order valence-corrected chi connectivity index (χ2v) is 4.70. The monoisotopic (exact) mass is 263 g/mol. The maximum Gasteiger partial charge on any atom is 0.255 e. The van der Waals surface area contributed by atoms with Crippen LogP contribution in [0.2, 0.25) is 0 Å². The zero-order chi connectivity index (χ0) is 13.5. The van der Waals surface area contributed by atoms with Crippen LogP contribution >= 0.6 is 0 Å². The van der Waals surface area contributed by atoms with Gasteiger partial charge in [-0.2, -0.15) is 0 Å². The summed E-state index contributed by atoms with van der Waals surface area (Å²) in [6, 6.07) is 3.58. The van der Waals surface area contributed by atoms with Crippen molar-refractivity contribution in [2.45, 2.75) is 19.8 Å². The van der Waals surface area contributed by atoms with Gasteiger partial charge in [-0.05, 0) is 37.8 Å². The van der Waals surface area contributed by atoms with Gasteiger partial charge in [0.15, 0.2) is 0 Å². The van der Waals surface area contributed by atoms with Gasteiger partial charge in [-0.1, -0.05) is 0 Å². The van der Waals surface area contributed by atoms with Crippen molar-refractivity contribution in [3.63, 3.8) is 0 Å². The van der Waals surface area contributed by atoms with Gasteiger partial charge in [-0.25, -0.2) is 4.98 Å². The number of hydrogen-bond acceptors (Lipinski definition) is 4. The van der Waals surface area contributed by atoms with Crippen LogP contribution in [0.5, 0.6) is 0 Å². The molecule has 1 aromatic rings. The van der Waals surface area contributed by atoms with Crippen LogP contribution in [-0.2, 0) is 4.74 Å². The van der Waals surface area contributed by atoms with E-state index >= 15 is 0 Å². The second kappa shape index (κ2) is 7.09. The molecule has 0 atom stereocenters. The molecule has 1 saturated heterocycles. The van der Waals surface area contributed by atoms with Crippen LogP contribution in [0.1, 0.15) is 30.1 Å². The van der Waals surface area contributed by atoms with E-state index in [-0.39, 0.29) is 5.91 Å². The van der Waals surface area contributed by atoms with Gasteiger partial charge in [0.1, 0.15) is 5.82 Å². The van der Waals surface area contributed by atoms with Crippen molar-refractivity contribution in [3.8, 4) is 0 Å². The van der Waals surface area contributed by atoms with Gasteiger partial charge in [0.2, 0.25) is 0 Å². The lowest BCUT2D eigenvalue weighted by Gasteiger charge is -2.22. The van der Waals surface area contributed by atoms with E-state index in [1.807, 2.05) is 6.92 Å². The highest BCUT2D eigenvalue weighted by Gasteiger charge is 2.16. The normalized spacial score (nSPS) is 16.1. The number of carbonyl (C=O) groups excluding carboxylic acids is 1. The number of ether oxygens (including phenoxy) is 1. The number of amides is 1. The van der Waals surface area contributed by atoms with Gasteiger partial charge >= 0.3 is 0 Å². The zero-order valence-corrected chi connectivity index (χ0v) is 11.3. The lowest BCUT2D eigenvalue weighted by atomic mass is 10.0.